The minimum atomic E-state index is -2.79. The highest BCUT2D eigenvalue weighted by molar-refractivity contribution is 9.10. The second-order valence-corrected chi connectivity index (χ2v) is 3.88. The van der Waals surface area contributed by atoms with Crippen LogP contribution >= 0.6 is 15.9 Å². The maximum atomic E-state index is 13.1. The molecule has 0 bridgehead atoms. The van der Waals surface area contributed by atoms with Crippen molar-refractivity contribution in [3.63, 3.8) is 0 Å². The van der Waals surface area contributed by atoms with Crippen molar-refractivity contribution in [1.29, 1.82) is 0 Å². The Morgan fingerprint density at radius 2 is 2.00 bits per heavy atom. The molecule has 1 aromatic rings. The normalized spacial score (nSPS) is 18.8. The van der Waals surface area contributed by atoms with Crippen LogP contribution in [0.2, 0.25) is 0 Å². The Morgan fingerprint density at radius 1 is 1.31 bits per heavy atom. The second kappa shape index (κ2) is 2.74. The van der Waals surface area contributed by atoms with Crippen LogP contribution < -0.4 is 0 Å². The van der Waals surface area contributed by atoms with Gasteiger partial charge in [0.15, 0.2) is 0 Å². The van der Waals surface area contributed by atoms with Crippen molar-refractivity contribution < 1.29 is 13.2 Å². The Hall–Kier alpha value is -0.510. The van der Waals surface area contributed by atoms with Crippen molar-refractivity contribution in [2.75, 3.05) is 0 Å². The SMILES string of the molecule is Fc1ccc2c(c1Br)CCC2(F)F. The van der Waals surface area contributed by atoms with Gasteiger partial charge >= 0.3 is 0 Å². The van der Waals surface area contributed by atoms with E-state index in [0.717, 1.165) is 6.07 Å². The summed E-state index contributed by atoms with van der Waals surface area (Å²) in [6.07, 6.45) is 0.0189. The average molecular weight is 251 g/mol. The van der Waals surface area contributed by atoms with Gasteiger partial charge in [-0.1, -0.05) is 0 Å². The summed E-state index contributed by atoms with van der Waals surface area (Å²) in [5.74, 6) is -3.26. The van der Waals surface area contributed by atoms with Crippen molar-refractivity contribution in [3.05, 3.63) is 33.5 Å². The lowest BCUT2D eigenvalue weighted by molar-refractivity contribution is -0.00186. The molecule has 0 saturated carbocycles. The number of benzene rings is 1. The van der Waals surface area contributed by atoms with E-state index in [1.807, 2.05) is 0 Å². The molecule has 0 heterocycles. The van der Waals surface area contributed by atoms with Crippen molar-refractivity contribution in [2.24, 2.45) is 0 Å². The fourth-order valence-corrected chi connectivity index (χ4v) is 2.14. The van der Waals surface area contributed by atoms with E-state index in [-0.39, 0.29) is 22.9 Å². The van der Waals surface area contributed by atoms with Gasteiger partial charge < -0.3 is 0 Å². The molecule has 1 aromatic carbocycles. The number of hydrogen-bond acceptors (Lipinski definition) is 0. The van der Waals surface area contributed by atoms with Crippen LogP contribution in [0, 0.1) is 5.82 Å². The number of rotatable bonds is 0. The monoisotopic (exact) mass is 250 g/mol. The van der Waals surface area contributed by atoms with E-state index in [0.29, 0.717) is 5.56 Å². The zero-order valence-corrected chi connectivity index (χ0v) is 8.17. The van der Waals surface area contributed by atoms with E-state index < -0.39 is 11.7 Å². The molecule has 0 fully saturated rings. The van der Waals surface area contributed by atoms with Crippen molar-refractivity contribution in [3.8, 4) is 0 Å². The minimum Gasteiger partial charge on any atom is -0.206 e. The molecule has 13 heavy (non-hydrogen) atoms. The topological polar surface area (TPSA) is 0 Å². The molecule has 0 spiro atoms. The summed E-state index contributed by atoms with van der Waals surface area (Å²) in [5.41, 5.74) is 0.366. The first-order valence-corrected chi connectivity index (χ1v) is 4.67. The van der Waals surface area contributed by atoms with Crippen LogP contribution in [-0.2, 0) is 12.3 Å². The molecule has 2 rings (SSSR count). The Morgan fingerprint density at radius 3 is 2.69 bits per heavy atom. The van der Waals surface area contributed by atoms with E-state index in [9.17, 15) is 13.2 Å². The third-order valence-electron chi connectivity index (χ3n) is 2.28. The summed E-state index contributed by atoms with van der Waals surface area (Å²) in [6, 6.07) is 2.24. The van der Waals surface area contributed by atoms with Crippen LogP contribution in [0.4, 0.5) is 13.2 Å². The number of hydrogen-bond donors (Lipinski definition) is 0. The van der Waals surface area contributed by atoms with Gasteiger partial charge in [-0.3, -0.25) is 0 Å². The highest BCUT2D eigenvalue weighted by Crippen LogP contribution is 2.44. The Bertz CT molecular complexity index is 360. The molecule has 0 nitrogen and oxygen atoms in total. The maximum absolute atomic E-state index is 13.1. The minimum absolute atomic E-state index is 0.0409. The molecule has 0 amide bonds. The molecule has 1 aliphatic carbocycles. The Balaban J connectivity index is 2.64. The Kier molecular flexibility index (Phi) is 1.91. The van der Waals surface area contributed by atoms with Gasteiger partial charge in [0.05, 0.1) is 4.47 Å². The highest BCUT2D eigenvalue weighted by Gasteiger charge is 2.40. The molecule has 0 atom stereocenters. The van der Waals surface area contributed by atoms with E-state index in [1.54, 1.807) is 0 Å². The molecule has 4 heteroatoms. The molecule has 0 N–H and O–H groups in total. The van der Waals surface area contributed by atoms with E-state index in [1.165, 1.54) is 6.07 Å². The zero-order chi connectivity index (χ0) is 9.64. The van der Waals surface area contributed by atoms with Crippen LogP contribution in [0.25, 0.3) is 0 Å². The maximum Gasteiger partial charge on any atom is 0.273 e. The molecule has 0 aliphatic heterocycles. The lowest BCUT2D eigenvalue weighted by atomic mass is 10.1. The molecule has 70 valence electrons. The third kappa shape index (κ3) is 1.27. The van der Waals surface area contributed by atoms with E-state index in [4.69, 9.17) is 0 Å². The van der Waals surface area contributed by atoms with Gasteiger partial charge in [-0.25, -0.2) is 13.2 Å². The molecule has 0 saturated heterocycles. The predicted octanol–water partition coefficient (Wildman–Crippen LogP) is 3.63. The fraction of sp³-hybridized carbons (Fsp3) is 0.333. The second-order valence-electron chi connectivity index (χ2n) is 3.09. The van der Waals surface area contributed by atoms with Crippen LogP contribution in [0.15, 0.2) is 16.6 Å². The van der Waals surface area contributed by atoms with E-state index >= 15 is 0 Å². The number of fused-ring (bicyclic) bond motifs is 1. The summed E-state index contributed by atoms with van der Waals surface area (Å²) >= 11 is 2.97. The van der Waals surface area contributed by atoms with Crippen molar-refractivity contribution >= 4 is 15.9 Å². The smallest absolute Gasteiger partial charge is 0.206 e. The van der Waals surface area contributed by atoms with Gasteiger partial charge in [-0.2, -0.15) is 0 Å². The summed E-state index contributed by atoms with van der Waals surface area (Å²) in [5, 5.41) is 0. The van der Waals surface area contributed by atoms with Gasteiger partial charge in [0, 0.05) is 12.0 Å². The van der Waals surface area contributed by atoms with Crippen LogP contribution in [0.5, 0.6) is 0 Å². The van der Waals surface area contributed by atoms with E-state index in [2.05, 4.69) is 15.9 Å². The van der Waals surface area contributed by atoms with Crippen LogP contribution in [-0.4, -0.2) is 0 Å². The van der Waals surface area contributed by atoms with Crippen LogP contribution in [0.1, 0.15) is 17.5 Å². The number of alkyl halides is 2. The standard InChI is InChI=1S/C9H6BrF3/c10-8-5-3-4-9(12,13)6(5)1-2-7(8)11/h1-2H,3-4H2. The Labute approximate surface area is 81.9 Å². The van der Waals surface area contributed by atoms with Gasteiger partial charge in [-0.05, 0) is 40.0 Å². The van der Waals surface area contributed by atoms with Crippen LogP contribution in [0.3, 0.4) is 0 Å². The van der Waals surface area contributed by atoms with Crippen molar-refractivity contribution in [1.82, 2.24) is 0 Å². The van der Waals surface area contributed by atoms with Gasteiger partial charge in [0.25, 0.3) is 5.92 Å². The van der Waals surface area contributed by atoms with Gasteiger partial charge in [0.1, 0.15) is 5.82 Å². The quantitative estimate of drug-likeness (QED) is 0.660. The molecular formula is C9H6BrF3. The summed E-state index contributed by atoms with van der Waals surface area (Å²) in [7, 11) is 0. The van der Waals surface area contributed by atoms with Gasteiger partial charge in [-0.15, -0.1) is 0 Å². The molecule has 0 unspecified atom stereocenters. The predicted molar refractivity (Wildman–Crippen MR) is 46.3 cm³/mol. The van der Waals surface area contributed by atoms with Gasteiger partial charge in [0.2, 0.25) is 0 Å². The summed E-state index contributed by atoms with van der Waals surface area (Å²) in [4.78, 5) is 0. The number of halogens is 4. The van der Waals surface area contributed by atoms with Crippen molar-refractivity contribution in [2.45, 2.75) is 18.8 Å². The molecule has 0 radical (unpaired) electrons. The first-order chi connectivity index (χ1) is 6.02. The largest absolute Gasteiger partial charge is 0.273 e. The summed E-state index contributed by atoms with van der Waals surface area (Å²) < 4.78 is 39.3. The first kappa shape index (κ1) is 9.06. The first-order valence-electron chi connectivity index (χ1n) is 3.87. The molecule has 1 aliphatic rings. The lowest BCUT2D eigenvalue weighted by Gasteiger charge is -2.09. The molecule has 0 aromatic heterocycles. The molecular weight excluding hydrogens is 245 g/mol. The fourth-order valence-electron chi connectivity index (χ4n) is 1.60. The lowest BCUT2D eigenvalue weighted by Crippen LogP contribution is -2.07. The zero-order valence-electron chi connectivity index (χ0n) is 6.58. The summed E-state index contributed by atoms with van der Waals surface area (Å²) in [6.45, 7) is 0. The average Bonchev–Trinajstić information content (AvgIpc) is 2.35. The highest BCUT2D eigenvalue weighted by atomic mass is 79.9. The third-order valence-corrected chi connectivity index (χ3v) is 3.14.